The summed E-state index contributed by atoms with van der Waals surface area (Å²) < 4.78 is 14.2. The fourth-order valence-electron chi connectivity index (χ4n) is 3.68. The quantitative estimate of drug-likeness (QED) is 0.512. The summed E-state index contributed by atoms with van der Waals surface area (Å²) in [6.07, 6.45) is 8.77. The van der Waals surface area contributed by atoms with Crippen LogP contribution in [0.1, 0.15) is 44.6 Å². The largest absolute Gasteiger partial charge is 0.396 e. The van der Waals surface area contributed by atoms with Gasteiger partial charge >= 0.3 is 0 Å². The van der Waals surface area contributed by atoms with Crippen molar-refractivity contribution in [3.63, 3.8) is 0 Å². The number of nitrogens with zero attached hydrogens (tertiary/aromatic N) is 2. The van der Waals surface area contributed by atoms with Crippen molar-refractivity contribution in [1.29, 1.82) is 0 Å². The van der Waals surface area contributed by atoms with E-state index in [9.17, 15) is 14.6 Å². The van der Waals surface area contributed by atoms with Gasteiger partial charge in [0, 0.05) is 43.5 Å². The van der Waals surface area contributed by atoms with Gasteiger partial charge in [-0.15, -0.1) is 0 Å². The van der Waals surface area contributed by atoms with Crippen LogP contribution in [0.2, 0.25) is 0 Å². The first kappa shape index (κ1) is 21.5. The van der Waals surface area contributed by atoms with E-state index in [1.54, 1.807) is 6.07 Å². The van der Waals surface area contributed by atoms with E-state index in [2.05, 4.69) is 27.5 Å². The maximum absolute atomic E-state index is 14.2. The molecule has 1 aliphatic rings. The number of aromatic nitrogens is 2. The number of anilines is 2. The van der Waals surface area contributed by atoms with E-state index >= 15 is 0 Å². The third-order valence-electron chi connectivity index (χ3n) is 5.52. The van der Waals surface area contributed by atoms with Crippen molar-refractivity contribution in [3.05, 3.63) is 35.8 Å². The number of nitrogens with one attached hydrogen (secondary N) is 2. The van der Waals surface area contributed by atoms with Crippen LogP contribution in [0.25, 0.3) is 11.3 Å². The van der Waals surface area contributed by atoms with Crippen LogP contribution >= 0.6 is 0 Å². The van der Waals surface area contributed by atoms with Crippen molar-refractivity contribution >= 4 is 11.6 Å². The first-order valence-electron chi connectivity index (χ1n) is 10.5. The van der Waals surface area contributed by atoms with Gasteiger partial charge in [-0.25, -0.2) is 14.4 Å². The summed E-state index contributed by atoms with van der Waals surface area (Å²) in [6.45, 7) is 1.95. The van der Waals surface area contributed by atoms with Gasteiger partial charge in [0.2, 0.25) is 0 Å². The molecule has 0 unspecified atom stereocenters. The van der Waals surface area contributed by atoms with Gasteiger partial charge in [0.05, 0.1) is 5.69 Å². The van der Waals surface area contributed by atoms with Gasteiger partial charge in [-0.2, -0.15) is 0 Å². The van der Waals surface area contributed by atoms with Gasteiger partial charge in [0.15, 0.2) is 11.6 Å². The molecule has 0 saturated heterocycles. The smallest absolute Gasteiger partial charge is 0.165 e. The van der Waals surface area contributed by atoms with E-state index in [0.29, 0.717) is 11.7 Å². The zero-order chi connectivity index (χ0) is 20.6. The average molecular weight is 403 g/mol. The van der Waals surface area contributed by atoms with Gasteiger partial charge < -0.3 is 20.8 Å². The van der Waals surface area contributed by atoms with Gasteiger partial charge in [-0.05, 0) is 43.0 Å². The Morgan fingerprint density at radius 2 is 1.93 bits per heavy atom. The molecule has 6 nitrogen and oxygen atoms in total. The molecule has 0 spiro atoms. The highest BCUT2D eigenvalue weighted by atomic mass is 19.1. The van der Waals surface area contributed by atoms with E-state index in [1.165, 1.54) is 25.3 Å². The maximum Gasteiger partial charge on any atom is 0.165 e. The molecule has 1 fully saturated rings. The van der Waals surface area contributed by atoms with Crippen molar-refractivity contribution in [2.24, 2.45) is 5.92 Å². The van der Waals surface area contributed by atoms with Crippen LogP contribution in [0.15, 0.2) is 24.4 Å². The van der Waals surface area contributed by atoms with Crippen molar-refractivity contribution in [1.82, 2.24) is 9.97 Å². The topological polar surface area (TPSA) is 90.3 Å². The maximum atomic E-state index is 14.2. The highest BCUT2D eigenvalue weighted by Gasteiger charge is 2.16. The van der Waals surface area contributed by atoms with E-state index < -0.39 is 5.82 Å². The van der Waals surface area contributed by atoms with Gasteiger partial charge in [0.1, 0.15) is 5.82 Å². The average Bonchev–Trinajstić information content (AvgIpc) is 2.76. The fourth-order valence-corrected chi connectivity index (χ4v) is 3.68. The number of pyridine rings is 2. The molecule has 158 valence electrons. The third kappa shape index (κ3) is 5.64. The number of aliphatic hydroxyl groups is 2. The Balaban J connectivity index is 1.83. The zero-order valence-electron chi connectivity index (χ0n) is 17.0. The normalized spacial score (nSPS) is 14.9. The molecule has 2 heterocycles. The molecule has 0 bridgehead atoms. The summed E-state index contributed by atoms with van der Waals surface area (Å²) in [4.78, 5) is 9.04. The molecule has 7 heteroatoms. The molecule has 2 aromatic heterocycles. The number of rotatable bonds is 9. The highest BCUT2D eigenvalue weighted by Crippen LogP contribution is 2.28. The van der Waals surface area contributed by atoms with Gasteiger partial charge in [-0.1, -0.05) is 26.2 Å². The molecule has 0 atom stereocenters. The van der Waals surface area contributed by atoms with E-state index in [1.807, 2.05) is 12.3 Å². The number of aliphatic hydroxyl groups excluding tert-OH is 2. The molecule has 0 aliphatic heterocycles. The van der Waals surface area contributed by atoms with Crippen LogP contribution in [0.4, 0.5) is 16.0 Å². The molecule has 1 aliphatic carbocycles. The molecule has 0 amide bonds. The summed E-state index contributed by atoms with van der Waals surface area (Å²) in [5.41, 5.74) is 2.65. The van der Waals surface area contributed by atoms with Crippen LogP contribution in [0, 0.1) is 11.7 Å². The van der Waals surface area contributed by atoms with Crippen LogP contribution in [0.3, 0.4) is 0 Å². The van der Waals surface area contributed by atoms with Crippen molar-refractivity contribution < 1.29 is 14.6 Å². The predicted octanol–water partition coefficient (Wildman–Crippen LogP) is 3.60. The lowest BCUT2D eigenvalue weighted by atomic mass is 9.95. The second-order valence-electron chi connectivity index (χ2n) is 7.70. The SMILES string of the molecule is CCc1cnc(NC2CCCCC2)cc1-c1ccc(F)c(NCC(CO)CO)n1. The Hall–Kier alpha value is -2.25. The molecular weight excluding hydrogens is 371 g/mol. The highest BCUT2D eigenvalue weighted by molar-refractivity contribution is 5.68. The second-order valence-corrected chi connectivity index (χ2v) is 7.70. The predicted molar refractivity (Wildman–Crippen MR) is 113 cm³/mol. The molecule has 29 heavy (non-hydrogen) atoms. The monoisotopic (exact) mass is 402 g/mol. The van der Waals surface area contributed by atoms with Crippen LogP contribution in [-0.2, 0) is 6.42 Å². The summed E-state index contributed by atoms with van der Waals surface area (Å²) in [5.74, 6) is 0.120. The number of hydrogen-bond acceptors (Lipinski definition) is 6. The summed E-state index contributed by atoms with van der Waals surface area (Å²) in [5, 5.41) is 24.9. The minimum absolute atomic E-state index is 0.120. The van der Waals surface area contributed by atoms with Crippen molar-refractivity contribution in [3.8, 4) is 11.3 Å². The summed E-state index contributed by atoms with van der Waals surface area (Å²) in [6, 6.07) is 5.52. The number of hydrogen-bond donors (Lipinski definition) is 4. The lowest BCUT2D eigenvalue weighted by molar-refractivity contribution is 0.157. The first-order chi connectivity index (χ1) is 14.1. The molecule has 4 N–H and O–H groups in total. The minimum Gasteiger partial charge on any atom is -0.396 e. The van der Waals surface area contributed by atoms with Crippen molar-refractivity contribution in [2.45, 2.75) is 51.5 Å². The Kier molecular flexibility index (Phi) is 7.77. The van der Waals surface area contributed by atoms with Gasteiger partial charge in [-0.3, -0.25) is 0 Å². The Morgan fingerprint density at radius 1 is 1.17 bits per heavy atom. The van der Waals surface area contributed by atoms with Crippen molar-refractivity contribution in [2.75, 3.05) is 30.4 Å². The summed E-state index contributed by atoms with van der Waals surface area (Å²) in [7, 11) is 0. The van der Waals surface area contributed by atoms with Crippen LogP contribution in [0.5, 0.6) is 0 Å². The summed E-state index contributed by atoms with van der Waals surface area (Å²) >= 11 is 0. The lowest BCUT2D eigenvalue weighted by Crippen LogP contribution is -2.23. The van der Waals surface area contributed by atoms with Crippen LogP contribution < -0.4 is 10.6 Å². The Morgan fingerprint density at radius 3 is 2.62 bits per heavy atom. The van der Waals surface area contributed by atoms with E-state index in [4.69, 9.17) is 0 Å². The molecule has 1 saturated carbocycles. The van der Waals surface area contributed by atoms with Gasteiger partial charge in [0.25, 0.3) is 0 Å². The van der Waals surface area contributed by atoms with E-state index in [-0.39, 0.29) is 31.5 Å². The Bertz CT molecular complexity index is 792. The van der Waals surface area contributed by atoms with E-state index in [0.717, 1.165) is 36.2 Å². The Labute approximate surface area is 171 Å². The number of aryl methyl sites for hydroxylation is 1. The number of halogens is 1. The molecule has 0 aromatic carbocycles. The standard InChI is InChI=1S/C22H31FN4O2/c1-2-16-12-24-21(26-17-6-4-3-5-7-17)10-18(16)20-9-8-19(23)22(27-20)25-11-15(13-28)14-29/h8-10,12,15,17,28-29H,2-7,11,13-14H2,1H3,(H,24,26)(H,25,27). The molecule has 3 rings (SSSR count). The minimum atomic E-state index is -0.462. The zero-order valence-corrected chi connectivity index (χ0v) is 17.0. The second kappa shape index (κ2) is 10.5. The first-order valence-corrected chi connectivity index (χ1v) is 10.5. The molecular formula is C22H31FN4O2. The third-order valence-corrected chi connectivity index (χ3v) is 5.52. The lowest BCUT2D eigenvalue weighted by Gasteiger charge is -2.23. The fraction of sp³-hybridized carbons (Fsp3) is 0.545. The van der Waals surface area contributed by atoms with Crippen LogP contribution in [-0.4, -0.2) is 46.0 Å². The molecule has 2 aromatic rings. The molecule has 0 radical (unpaired) electrons.